The van der Waals surface area contributed by atoms with Crippen LogP contribution in [0.2, 0.25) is 0 Å². The van der Waals surface area contributed by atoms with E-state index in [1.807, 2.05) is 28.8 Å². The molecule has 0 radical (unpaired) electrons. The summed E-state index contributed by atoms with van der Waals surface area (Å²) >= 11 is 0. The zero-order valence-electron chi connectivity index (χ0n) is 13.8. The van der Waals surface area contributed by atoms with E-state index in [0.717, 1.165) is 30.4 Å². The van der Waals surface area contributed by atoms with Crippen LogP contribution in [0.1, 0.15) is 25.3 Å². The molecule has 1 heterocycles. The van der Waals surface area contributed by atoms with Gasteiger partial charge in [0.05, 0.1) is 16.0 Å². The van der Waals surface area contributed by atoms with Crippen LogP contribution in [0.3, 0.4) is 0 Å². The summed E-state index contributed by atoms with van der Waals surface area (Å²) in [4.78, 5) is 19.3. The normalized spacial score (nSPS) is 11.4. The molecular weight excluding hydrogens is 320 g/mol. The average molecular weight is 338 g/mol. The summed E-state index contributed by atoms with van der Waals surface area (Å²) < 4.78 is 2.02. The minimum Gasteiger partial charge on any atom is -0.507 e. The van der Waals surface area contributed by atoms with Gasteiger partial charge in [0.2, 0.25) is 5.95 Å². The molecular formula is C18H18N4O3. The summed E-state index contributed by atoms with van der Waals surface area (Å²) in [6.45, 7) is 2.90. The summed E-state index contributed by atoms with van der Waals surface area (Å²) in [5.74, 6) is 0.450. The molecule has 7 nitrogen and oxygen atoms in total. The van der Waals surface area contributed by atoms with Crippen molar-refractivity contribution in [3.63, 3.8) is 0 Å². The van der Waals surface area contributed by atoms with Gasteiger partial charge in [0.25, 0.3) is 5.69 Å². The molecule has 3 rings (SSSR count). The minimum absolute atomic E-state index is 0.0643. The van der Waals surface area contributed by atoms with Crippen molar-refractivity contribution in [3.05, 3.63) is 58.1 Å². The highest BCUT2D eigenvalue weighted by molar-refractivity contribution is 5.87. The monoisotopic (exact) mass is 338 g/mol. The molecule has 0 aliphatic rings. The van der Waals surface area contributed by atoms with Crippen LogP contribution >= 0.6 is 0 Å². The SMILES string of the molecule is CCCCn1c(/N=C/c2cc([N+](=O)[O-])ccc2O)nc2ccccc21. The zero-order chi connectivity index (χ0) is 17.8. The molecule has 128 valence electrons. The summed E-state index contributed by atoms with van der Waals surface area (Å²) in [5, 5.41) is 20.8. The molecule has 0 amide bonds. The Morgan fingerprint density at radius 2 is 2.12 bits per heavy atom. The van der Waals surface area contributed by atoms with Gasteiger partial charge in [-0.05, 0) is 24.6 Å². The number of aromatic nitrogens is 2. The van der Waals surface area contributed by atoms with E-state index >= 15 is 0 Å². The number of nitrogens with zero attached hydrogens (tertiary/aromatic N) is 4. The fourth-order valence-corrected chi connectivity index (χ4v) is 2.58. The standard InChI is InChI=1S/C18H18N4O3/c1-2-3-10-21-16-7-5-4-6-15(16)20-18(21)19-12-13-11-14(22(24)25)8-9-17(13)23/h4-9,11-12,23H,2-3,10H2,1H3/b19-12+. The number of nitro benzene ring substituents is 1. The highest BCUT2D eigenvalue weighted by Crippen LogP contribution is 2.25. The molecule has 1 aromatic heterocycles. The van der Waals surface area contributed by atoms with E-state index in [4.69, 9.17) is 0 Å². The molecule has 0 aliphatic heterocycles. The molecule has 0 bridgehead atoms. The van der Waals surface area contributed by atoms with Gasteiger partial charge in [-0.2, -0.15) is 0 Å². The van der Waals surface area contributed by atoms with E-state index in [9.17, 15) is 15.2 Å². The number of phenols is 1. The number of phenolic OH excluding ortho intramolecular Hbond substituents is 1. The second kappa shape index (κ2) is 7.12. The van der Waals surface area contributed by atoms with Crippen molar-refractivity contribution in [2.45, 2.75) is 26.3 Å². The molecule has 0 aliphatic carbocycles. The fourth-order valence-electron chi connectivity index (χ4n) is 2.58. The van der Waals surface area contributed by atoms with Crippen LogP contribution in [0, 0.1) is 10.1 Å². The van der Waals surface area contributed by atoms with Gasteiger partial charge in [0.15, 0.2) is 0 Å². The molecule has 7 heteroatoms. The van der Waals surface area contributed by atoms with E-state index < -0.39 is 4.92 Å². The highest BCUT2D eigenvalue weighted by atomic mass is 16.6. The first kappa shape index (κ1) is 16.6. The van der Waals surface area contributed by atoms with Crippen molar-refractivity contribution in [2.75, 3.05) is 0 Å². The Morgan fingerprint density at radius 1 is 1.32 bits per heavy atom. The summed E-state index contributed by atoms with van der Waals surface area (Å²) in [6.07, 6.45) is 3.44. The lowest BCUT2D eigenvalue weighted by Gasteiger charge is -2.05. The number of imidazole rings is 1. The Morgan fingerprint density at radius 3 is 2.88 bits per heavy atom. The fraction of sp³-hybridized carbons (Fsp3) is 0.222. The van der Waals surface area contributed by atoms with Crippen LogP contribution < -0.4 is 0 Å². The number of fused-ring (bicyclic) bond motifs is 1. The topological polar surface area (TPSA) is 93.5 Å². The number of aryl methyl sites for hydroxylation is 1. The van der Waals surface area contributed by atoms with Crippen molar-refractivity contribution in [1.82, 2.24) is 9.55 Å². The van der Waals surface area contributed by atoms with E-state index in [1.165, 1.54) is 24.4 Å². The third kappa shape index (κ3) is 3.50. The largest absolute Gasteiger partial charge is 0.507 e. The number of hydrogen-bond donors (Lipinski definition) is 1. The van der Waals surface area contributed by atoms with Gasteiger partial charge in [0, 0.05) is 30.5 Å². The maximum absolute atomic E-state index is 10.9. The molecule has 2 aromatic carbocycles. The number of para-hydroxylation sites is 2. The lowest BCUT2D eigenvalue weighted by Crippen LogP contribution is -1.97. The smallest absolute Gasteiger partial charge is 0.270 e. The Kier molecular flexibility index (Phi) is 4.74. The van der Waals surface area contributed by atoms with Gasteiger partial charge in [-0.25, -0.2) is 9.98 Å². The van der Waals surface area contributed by atoms with Crippen molar-refractivity contribution in [3.8, 4) is 5.75 Å². The minimum atomic E-state index is -0.507. The first-order valence-electron chi connectivity index (χ1n) is 8.07. The number of hydrogen-bond acceptors (Lipinski definition) is 5. The summed E-state index contributed by atoms with van der Waals surface area (Å²) in [6, 6.07) is 11.6. The molecule has 25 heavy (non-hydrogen) atoms. The van der Waals surface area contributed by atoms with Crippen LogP contribution in [0.15, 0.2) is 47.5 Å². The van der Waals surface area contributed by atoms with Crippen LogP contribution in [0.5, 0.6) is 5.75 Å². The summed E-state index contributed by atoms with van der Waals surface area (Å²) in [7, 11) is 0. The molecule has 0 fully saturated rings. The van der Waals surface area contributed by atoms with Crippen molar-refractivity contribution in [2.24, 2.45) is 4.99 Å². The third-order valence-electron chi connectivity index (χ3n) is 3.91. The molecule has 3 aromatic rings. The first-order chi connectivity index (χ1) is 12.1. The molecule has 0 saturated heterocycles. The number of rotatable bonds is 6. The predicted molar refractivity (Wildman–Crippen MR) is 96.7 cm³/mol. The quantitative estimate of drug-likeness (QED) is 0.414. The van der Waals surface area contributed by atoms with Crippen LogP contribution in [-0.4, -0.2) is 25.8 Å². The lowest BCUT2D eigenvalue weighted by atomic mass is 10.2. The number of aliphatic imine (C=N–C) groups is 1. The van der Waals surface area contributed by atoms with Gasteiger partial charge in [-0.1, -0.05) is 25.5 Å². The second-order valence-electron chi connectivity index (χ2n) is 5.66. The molecule has 0 atom stereocenters. The van der Waals surface area contributed by atoms with Crippen molar-refractivity contribution in [1.29, 1.82) is 0 Å². The van der Waals surface area contributed by atoms with Gasteiger partial charge in [-0.15, -0.1) is 0 Å². The predicted octanol–water partition coefficient (Wildman–Crippen LogP) is 4.20. The average Bonchev–Trinajstić information content (AvgIpc) is 2.96. The number of non-ortho nitro benzene ring substituents is 1. The van der Waals surface area contributed by atoms with Gasteiger partial charge in [-0.3, -0.25) is 10.1 Å². The third-order valence-corrected chi connectivity index (χ3v) is 3.91. The van der Waals surface area contributed by atoms with Gasteiger partial charge < -0.3 is 9.67 Å². The Balaban J connectivity index is 2.01. The Bertz CT molecular complexity index is 947. The van der Waals surface area contributed by atoms with Crippen LogP contribution in [-0.2, 0) is 6.54 Å². The van der Waals surface area contributed by atoms with E-state index in [0.29, 0.717) is 5.95 Å². The van der Waals surface area contributed by atoms with Gasteiger partial charge >= 0.3 is 0 Å². The number of aromatic hydroxyl groups is 1. The number of benzene rings is 2. The zero-order valence-corrected chi connectivity index (χ0v) is 13.8. The van der Waals surface area contributed by atoms with Gasteiger partial charge in [0.1, 0.15) is 5.75 Å². The van der Waals surface area contributed by atoms with Crippen LogP contribution in [0.4, 0.5) is 11.6 Å². The molecule has 0 spiro atoms. The molecule has 0 saturated carbocycles. The number of unbranched alkanes of at least 4 members (excludes halogenated alkanes) is 1. The molecule has 0 unspecified atom stereocenters. The van der Waals surface area contributed by atoms with E-state index in [2.05, 4.69) is 16.9 Å². The van der Waals surface area contributed by atoms with E-state index in [-0.39, 0.29) is 17.0 Å². The van der Waals surface area contributed by atoms with Crippen molar-refractivity contribution >= 4 is 28.9 Å². The highest BCUT2D eigenvalue weighted by Gasteiger charge is 2.11. The van der Waals surface area contributed by atoms with Crippen molar-refractivity contribution < 1.29 is 10.0 Å². The second-order valence-corrected chi connectivity index (χ2v) is 5.66. The lowest BCUT2D eigenvalue weighted by molar-refractivity contribution is -0.384. The molecule has 1 N–H and O–H groups in total. The number of nitro groups is 1. The first-order valence-corrected chi connectivity index (χ1v) is 8.07. The van der Waals surface area contributed by atoms with Crippen LogP contribution in [0.25, 0.3) is 11.0 Å². The Hall–Kier alpha value is -3.22. The summed E-state index contributed by atoms with van der Waals surface area (Å²) in [5.41, 5.74) is 2.02. The van der Waals surface area contributed by atoms with E-state index in [1.54, 1.807) is 0 Å². The Labute approximate surface area is 144 Å². The maximum atomic E-state index is 10.9. The maximum Gasteiger partial charge on any atom is 0.270 e.